The summed E-state index contributed by atoms with van der Waals surface area (Å²) >= 11 is 0. The topological polar surface area (TPSA) is 52.6 Å². The molecule has 0 aromatic heterocycles. The zero-order valence-electron chi connectivity index (χ0n) is 15.7. The Hall–Kier alpha value is -1.32. The van der Waals surface area contributed by atoms with Crippen molar-refractivity contribution in [2.45, 2.75) is 60.8 Å². The quantitative estimate of drug-likeness (QED) is 0.417. The lowest BCUT2D eigenvalue weighted by atomic mass is 10.00. The fraction of sp³-hybridized carbons (Fsp3) is 0.789. The van der Waals surface area contributed by atoms with Gasteiger partial charge in [-0.05, 0) is 36.5 Å². The highest BCUT2D eigenvalue weighted by Crippen LogP contribution is 2.14. The number of ether oxygens (including phenoxy) is 2. The molecular weight excluding hydrogens is 292 g/mol. The van der Waals surface area contributed by atoms with Crippen LogP contribution in [0, 0.1) is 23.7 Å². The molecule has 0 amide bonds. The van der Waals surface area contributed by atoms with Gasteiger partial charge in [0.1, 0.15) is 0 Å². The van der Waals surface area contributed by atoms with E-state index in [2.05, 4.69) is 34.3 Å². The lowest BCUT2D eigenvalue weighted by Crippen LogP contribution is -2.18. The van der Waals surface area contributed by atoms with Gasteiger partial charge in [0.2, 0.25) is 0 Å². The second-order valence-electron chi connectivity index (χ2n) is 7.53. The zero-order valence-corrected chi connectivity index (χ0v) is 15.7. The van der Waals surface area contributed by atoms with Gasteiger partial charge in [-0.1, -0.05) is 48.1 Å². The van der Waals surface area contributed by atoms with Gasteiger partial charge in [0, 0.05) is 5.57 Å². The van der Waals surface area contributed by atoms with Gasteiger partial charge in [-0.15, -0.1) is 0 Å². The summed E-state index contributed by atoms with van der Waals surface area (Å²) in [5.74, 6) is 0.827. The van der Waals surface area contributed by atoms with Crippen LogP contribution >= 0.6 is 0 Å². The van der Waals surface area contributed by atoms with E-state index in [0.29, 0.717) is 36.9 Å². The van der Waals surface area contributed by atoms with Crippen molar-refractivity contribution in [3.05, 3.63) is 12.2 Å². The van der Waals surface area contributed by atoms with Crippen LogP contribution in [0.5, 0.6) is 0 Å². The Bertz CT molecular complexity index is 385. The first-order valence-electron chi connectivity index (χ1n) is 8.62. The Morgan fingerprint density at radius 1 is 0.826 bits per heavy atom. The predicted octanol–water partition coefficient (Wildman–Crippen LogP) is 4.38. The Labute approximate surface area is 141 Å². The van der Waals surface area contributed by atoms with Gasteiger partial charge >= 0.3 is 11.9 Å². The minimum atomic E-state index is -0.507. The third kappa shape index (κ3) is 11.8. The summed E-state index contributed by atoms with van der Waals surface area (Å²) in [5, 5.41) is 0. The monoisotopic (exact) mass is 326 g/mol. The highest BCUT2D eigenvalue weighted by molar-refractivity contribution is 5.93. The second-order valence-corrected chi connectivity index (χ2v) is 7.53. The molecule has 0 aromatic carbocycles. The minimum Gasteiger partial charge on any atom is -0.465 e. The summed E-state index contributed by atoms with van der Waals surface area (Å²) in [4.78, 5) is 23.6. The minimum absolute atomic E-state index is 0.105. The normalized spacial score (nSPS) is 13.7. The Morgan fingerprint density at radius 3 is 1.70 bits per heavy atom. The molecule has 23 heavy (non-hydrogen) atoms. The molecule has 0 fully saturated rings. The number of carbonyl (C=O) groups is 2. The van der Waals surface area contributed by atoms with Crippen LogP contribution in [0.4, 0.5) is 0 Å². The molecule has 2 atom stereocenters. The summed E-state index contributed by atoms with van der Waals surface area (Å²) < 4.78 is 10.4. The van der Waals surface area contributed by atoms with Crippen molar-refractivity contribution >= 4 is 11.9 Å². The lowest BCUT2D eigenvalue weighted by Gasteiger charge is -2.15. The molecule has 0 aliphatic heterocycles. The summed E-state index contributed by atoms with van der Waals surface area (Å²) in [5.41, 5.74) is 0.156. The van der Waals surface area contributed by atoms with Crippen molar-refractivity contribution in [3.63, 3.8) is 0 Å². The van der Waals surface area contributed by atoms with Crippen LogP contribution in [-0.4, -0.2) is 25.2 Å². The lowest BCUT2D eigenvalue weighted by molar-refractivity contribution is -0.147. The maximum Gasteiger partial charge on any atom is 0.333 e. The highest BCUT2D eigenvalue weighted by atomic mass is 16.5. The first-order chi connectivity index (χ1) is 10.6. The van der Waals surface area contributed by atoms with Crippen molar-refractivity contribution in [2.75, 3.05) is 13.2 Å². The SMILES string of the molecule is C=C(CC(=O)OCC(C)CC(C)C)C(=O)OCC(C)CC(C)C. The molecule has 0 heterocycles. The van der Waals surface area contributed by atoms with Crippen molar-refractivity contribution in [3.8, 4) is 0 Å². The molecule has 2 unspecified atom stereocenters. The van der Waals surface area contributed by atoms with Gasteiger partial charge in [0.05, 0.1) is 19.6 Å². The molecule has 0 radical (unpaired) electrons. The third-order valence-electron chi connectivity index (χ3n) is 3.42. The number of rotatable bonds is 11. The number of esters is 2. The van der Waals surface area contributed by atoms with Crippen LogP contribution in [0.1, 0.15) is 60.8 Å². The van der Waals surface area contributed by atoms with E-state index < -0.39 is 11.9 Å². The first kappa shape index (κ1) is 21.7. The van der Waals surface area contributed by atoms with Crippen molar-refractivity contribution in [1.29, 1.82) is 0 Å². The first-order valence-corrected chi connectivity index (χ1v) is 8.62. The number of carbonyl (C=O) groups excluding carboxylic acids is 2. The van der Waals surface area contributed by atoms with Crippen LogP contribution in [0.3, 0.4) is 0 Å². The maximum absolute atomic E-state index is 11.8. The molecule has 0 N–H and O–H groups in total. The van der Waals surface area contributed by atoms with Gasteiger partial charge in [0.25, 0.3) is 0 Å². The molecule has 4 nitrogen and oxygen atoms in total. The van der Waals surface area contributed by atoms with Crippen molar-refractivity contribution in [2.24, 2.45) is 23.7 Å². The Morgan fingerprint density at radius 2 is 1.26 bits per heavy atom. The largest absolute Gasteiger partial charge is 0.465 e. The van der Waals surface area contributed by atoms with E-state index in [9.17, 15) is 9.59 Å². The highest BCUT2D eigenvalue weighted by Gasteiger charge is 2.17. The van der Waals surface area contributed by atoms with Crippen LogP contribution in [-0.2, 0) is 19.1 Å². The molecule has 0 saturated heterocycles. The van der Waals surface area contributed by atoms with Gasteiger partial charge in [-0.2, -0.15) is 0 Å². The van der Waals surface area contributed by atoms with E-state index in [1.165, 1.54) is 0 Å². The number of hydrogen-bond donors (Lipinski definition) is 0. The molecule has 0 bridgehead atoms. The van der Waals surface area contributed by atoms with Crippen LogP contribution in [0.25, 0.3) is 0 Å². The Balaban J connectivity index is 4.02. The Kier molecular flexibility index (Phi) is 10.6. The second kappa shape index (κ2) is 11.3. The van der Waals surface area contributed by atoms with E-state index >= 15 is 0 Å². The molecule has 0 saturated carbocycles. The van der Waals surface area contributed by atoms with E-state index in [1.807, 2.05) is 13.8 Å². The molecule has 0 aliphatic rings. The van der Waals surface area contributed by atoms with Gasteiger partial charge in [0.15, 0.2) is 0 Å². The summed E-state index contributed by atoms with van der Waals surface area (Å²) in [6, 6.07) is 0. The van der Waals surface area contributed by atoms with Gasteiger partial charge in [-0.3, -0.25) is 4.79 Å². The average Bonchev–Trinajstić information content (AvgIpc) is 2.41. The average molecular weight is 326 g/mol. The van der Waals surface area contributed by atoms with Crippen LogP contribution in [0.2, 0.25) is 0 Å². The standard InChI is InChI=1S/C19H34O4/c1-13(2)8-15(5)11-22-18(20)10-17(7)19(21)23-12-16(6)9-14(3)4/h13-16H,7-12H2,1-6H3. The van der Waals surface area contributed by atoms with Crippen LogP contribution in [0.15, 0.2) is 12.2 Å². The fourth-order valence-electron chi connectivity index (χ4n) is 2.60. The molecule has 4 heteroatoms. The predicted molar refractivity (Wildman–Crippen MR) is 92.9 cm³/mol. The van der Waals surface area contributed by atoms with E-state index in [1.54, 1.807) is 0 Å². The van der Waals surface area contributed by atoms with Crippen LogP contribution < -0.4 is 0 Å². The maximum atomic E-state index is 11.8. The fourth-order valence-corrected chi connectivity index (χ4v) is 2.60. The molecule has 0 aromatic rings. The van der Waals surface area contributed by atoms with E-state index in [-0.39, 0.29) is 12.0 Å². The molecule has 134 valence electrons. The molecular formula is C19H34O4. The van der Waals surface area contributed by atoms with E-state index in [4.69, 9.17) is 9.47 Å². The third-order valence-corrected chi connectivity index (χ3v) is 3.42. The number of hydrogen-bond acceptors (Lipinski definition) is 4. The molecule has 0 spiro atoms. The van der Waals surface area contributed by atoms with Gasteiger partial charge in [-0.25, -0.2) is 4.79 Å². The zero-order chi connectivity index (χ0) is 18.0. The smallest absolute Gasteiger partial charge is 0.333 e. The van der Waals surface area contributed by atoms with Crippen molar-refractivity contribution in [1.82, 2.24) is 0 Å². The summed E-state index contributed by atoms with van der Waals surface area (Å²) in [6.45, 7) is 17.0. The van der Waals surface area contributed by atoms with E-state index in [0.717, 1.165) is 12.8 Å². The van der Waals surface area contributed by atoms with Crippen molar-refractivity contribution < 1.29 is 19.1 Å². The summed E-state index contributed by atoms with van der Waals surface area (Å²) in [7, 11) is 0. The summed E-state index contributed by atoms with van der Waals surface area (Å²) in [6.07, 6.45) is 1.89. The molecule has 0 rings (SSSR count). The van der Waals surface area contributed by atoms with Gasteiger partial charge < -0.3 is 9.47 Å². The molecule has 0 aliphatic carbocycles.